The van der Waals surface area contributed by atoms with E-state index in [2.05, 4.69) is 41.0 Å². The summed E-state index contributed by atoms with van der Waals surface area (Å²) in [5.74, 6) is 2.33. The van der Waals surface area contributed by atoms with Crippen LogP contribution in [0.5, 0.6) is 11.5 Å². The molecule has 0 spiro atoms. The Morgan fingerprint density at radius 1 is 1.07 bits per heavy atom. The van der Waals surface area contributed by atoms with E-state index in [4.69, 9.17) is 37.4 Å². The first-order chi connectivity index (χ1) is 19.8. The van der Waals surface area contributed by atoms with Crippen LogP contribution in [0.1, 0.15) is 66.5 Å². The predicted octanol–water partition coefficient (Wildman–Crippen LogP) is 8.38. The minimum Gasteiger partial charge on any atom is -0.493 e. The molecule has 0 radical (unpaired) electrons. The number of nitrogens with zero attached hydrogens (tertiary/aromatic N) is 2. The highest BCUT2D eigenvalue weighted by Crippen LogP contribution is 2.26. The molecule has 0 saturated heterocycles. The molecule has 0 saturated carbocycles. The standard InChI is InChI=1S/C30H46Cl2N4O3.C2H6/c1-8-12-24(10-3)18-33-19-25(38-11-4)20-39-29-17-22(5)34-21-35-30(15-14-28(29)37-7)36-23(6)16-27(32)26(31)13-9-2;1-2/h9,13-17,21,23-25,33H,2,8,10-12,18-20H2,1,3-7H3,(H,34,35,36);1-2H3/b26-13+,27-16+;. The largest absolute Gasteiger partial charge is 0.493 e. The van der Waals surface area contributed by atoms with Crippen molar-refractivity contribution in [2.45, 2.75) is 79.9 Å². The number of ether oxygens (including phenoxy) is 3. The highest BCUT2D eigenvalue weighted by Gasteiger charge is 2.13. The van der Waals surface area contributed by atoms with Gasteiger partial charge in [-0.3, -0.25) is 0 Å². The molecule has 232 valence electrons. The first-order valence-electron chi connectivity index (χ1n) is 14.6. The van der Waals surface area contributed by atoms with Gasteiger partial charge < -0.3 is 24.8 Å². The molecule has 1 aromatic heterocycles. The van der Waals surface area contributed by atoms with Gasteiger partial charge in [-0.2, -0.15) is 0 Å². The van der Waals surface area contributed by atoms with Gasteiger partial charge in [0, 0.05) is 31.0 Å². The third-order valence-electron chi connectivity index (χ3n) is 5.82. The highest BCUT2D eigenvalue weighted by atomic mass is 35.5. The second-order valence-electron chi connectivity index (χ2n) is 9.12. The van der Waals surface area contributed by atoms with Crippen LogP contribution in [0.3, 0.4) is 0 Å². The Morgan fingerprint density at radius 2 is 1.80 bits per heavy atom. The summed E-state index contributed by atoms with van der Waals surface area (Å²) in [5.41, 5.74) is 0.715. The van der Waals surface area contributed by atoms with Gasteiger partial charge in [-0.05, 0) is 63.9 Å². The minimum atomic E-state index is -0.171. The Labute approximate surface area is 259 Å². The monoisotopic (exact) mass is 610 g/mol. The van der Waals surface area contributed by atoms with Crippen LogP contribution in [0.4, 0.5) is 5.82 Å². The van der Waals surface area contributed by atoms with E-state index in [1.54, 1.807) is 37.5 Å². The van der Waals surface area contributed by atoms with Crippen LogP contribution in [-0.4, -0.2) is 55.5 Å². The summed E-state index contributed by atoms with van der Waals surface area (Å²) >= 11 is 12.4. The Bertz CT molecular complexity index is 987. The summed E-state index contributed by atoms with van der Waals surface area (Å²) < 4.78 is 17.8. The zero-order chi connectivity index (χ0) is 31.0. The molecule has 3 unspecified atom stereocenters. The molecule has 0 aromatic carbocycles. The number of methoxy groups -OCH3 is 1. The maximum atomic E-state index is 6.29. The molecule has 0 aliphatic heterocycles. The average Bonchev–Trinajstić information content (AvgIpc) is 2.96. The number of allylic oxidation sites excluding steroid dienone is 4. The third-order valence-corrected chi connectivity index (χ3v) is 6.58. The minimum absolute atomic E-state index is 0.102. The van der Waals surface area contributed by atoms with Gasteiger partial charge in [-0.1, -0.05) is 76.4 Å². The van der Waals surface area contributed by atoms with Crippen molar-refractivity contribution < 1.29 is 14.2 Å². The van der Waals surface area contributed by atoms with Gasteiger partial charge in [0.05, 0.1) is 17.2 Å². The van der Waals surface area contributed by atoms with Crippen LogP contribution >= 0.6 is 23.2 Å². The van der Waals surface area contributed by atoms with Crippen molar-refractivity contribution in [3.05, 3.63) is 65.1 Å². The van der Waals surface area contributed by atoms with Crippen molar-refractivity contribution in [1.82, 2.24) is 15.3 Å². The normalized spacial score (nSPS) is 13.6. The number of rotatable bonds is 18. The van der Waals surface area contributed by atoms with Crippen molar-refractivity contribution in [1.29, 1.82) is 0 Å². The van der Waals surface area contributed by atoms with Crippen LogP contribution in [-0.2, 0) is 4.74 Å². The maximum absolute atomic E-state index is 6.29. The molecule has 0 amide bonds. The fraction of sp³-hybridized carbons (Fsp3) is 0.562. The smallest absolute Gasteiger partial charge is 0.163 e. The van der Waals surface area contributed by atoms with Crippen LogP contribution in [0, 0.1) is 12.8 Å². The number of anilines is 1. The van der Waals surface area contributed by atoms with E-state index in [9.17, 15) is 0 Å². The van der Waals surface area contributed by atoms with Crippen molar-refractivity contribution in [2.24, 2.45) is 5.92 Å². The van der Waals surface area contributed by atoms with Crippen molar-refractivity contribution in [3.63, 3.8) is 0 Å². The third kappa shape index (κ3) is 17.3. The van der Waals surface area contributed by atoms with Crippen molar-refractivity contribution >= 4 is 29.0 Å². The Morgan fingerprint density at radius 3 is 2.41 bits per heavy atom. The van der Waals surface area contributed by atoms with Gasteiger partial charge in [0.15, 0.2) is 11.5 Å². The van der Waals surface area contributed by atoms with Crippen molar-refractivity contribution in [3.8, 4) is 11.5 Å². The van der Waals surface area contributed by atoms with E-state index in [0.717, 1.165) is 6.54 Å². The zero-order valence-corrected chi connectivity index (χ0v) is 27.8. The van der Waals surface area contributed by atoms with E-state index in [-0.39, 0.29) is 12.1 Å². The zero-order valence-electron chi connectivity index (χ0n) is 26.3. The number of hydrogen-bond donors (Lipinski definition) is 2. The SMILES string of the molecule is C=C/C=C(Cl)\C(Cl)=C/C(C)Nc1ccc(OC)c(OCC(CNCC(CC)CCC)OCC)cc(C)ncn1.CC. The topological polar surface area (TPSA) is 77.5 Å². The van der Waals surface area contributed by atoms with E-state index < -0.39 is 0 Å². The van der Waals surface area contributed by atoms with Gasteiger partial charge in [-0.15, -0.1) is 0 Å². The number of halogens is 2. The lowest BCUT2D eigenvalue weighted by atomic mass is 10.0. The van der Waals surface area contributed by atoms with Crippen molar-refractivity contribution in [2.75, 3.05) is 38.7 Å². The molecule has 41 heavy (non-hydrogen) atoms. The summed E-state index contributed by atoms with van der Waals surface area (Å²) in [6, 6.07) is 5.26. The molecule has 9 heteroatoms. The van der Waals surface area contributed by atoms with E-state index in [0.29, 0.717) is 58.8 Å². The Kier molecular flexibility index (Phi) is 22.9. The molecule has 0 fully saturated rings. The van der Waals surface area contributed by atoms with Gasteiger partial charge in [0.2, 0.25) is 0 Å². The van der Waals surface area contributed by atoms with Crippen LogP contribution < -0.4 is 20.1 Å². The van der Waals surface area contributed by atoms with Crippen LogP contribution in [0.15, 0.2) is 59.4 Å². The molecule has 0 bridgehead atoms. The molecular weight excluding hydrogens is 559 g/mol. The number of aromatic nitrogens is 2. The molecule has 0 aliphatic rings. The Hall–Kier alpha value is -2.32. The lowest BCUT2D eigenvalue weighted by molar-refractivity contribution is 0.0270. The number of aryl methyl sites for hydroxylation is 1. The number of nitrogens with one attached hydrogen (secondary N) is 2. The lowest BCUT2D eigenvalue weighted by Crippen LogP contribution is -2.36. The highest BCUT2D eigenvalue weighted by molar-refractivity contribution is 6.44. The molecule has 3 atom stereocenters. The summed E-state index contributed by atoms with van der Waals surface area (Å²) in [6.07, 6.45) is 9.98. The molecule has 2 N–H and O–H groups in total. The quantitative estimate of drug-likeness (QED) is 0.162. The summed E-state index contributed by atoms with van der Waals surface area (Å²) in [7, 11) is 1.60. The van der Waals surface area contributed by atoms with Gasteiger partial charge >= 0.3 is 0 Å². The molecule has 1 heterocycles. The van der Waals surface area contributed by atoms with Gasteiger partial charge in [0.1, 0.15) is 24.9 Å². The van der Waals surface area contributed by atoms with E-state index in [1.807, 2.05) is 40.7 Å². The predicted molar refractivity (Wildman–Crippen MR) is 176 cm³/mol. The summed E-state index contributed by atoms with van der Waals surface area (Å²) in [5, 5.41) is 7.66. The second-order valence-corrected chi connectivity index (χ2v) is 9.93. The lowest BCUT2D eigenvalue weighted by Gasteiger charge is -2.21. The number of hydrogen-bond acceptors (Lipinski definition) is 7. The first kappa shape index (κ1) is 38.7. The molecule has 7 nitrogen and oxygen atoms in total. The molecular formula is C32H52Cl2N4O3. The summed E-state index contributed by atoms with van der Waals surface area (Å²) in [4.78, 5) is 8.84. The van der Waals surface area contributed by atoms with Crippen LogP contribution in [0.25, 0.3) is 0 Å². The fourth-order valence-electron chi connectivity index (χ4n) is 3.78. The maximum Gasteiger partial charge on any atom is 0.163 e. The van der Waals surface area contributed by atoms with E-state index in [1.165, 1.54) is 25.6 Å². The molecule has 1 aromatic rings. The summed E-state index contributed by atoms with van der Waals surface area (Å²) in [6.45, 7) is 20.6. The second kappa shape index (κ2) is 24.3. The van der Waals surface area contributed by atoms with Crippen LogP contribution in [0.2, 0.25) is 0 Å². The van der Waals surface area contributed by atoms with Gasteiger partial charge in [-0.25, -0.2) is 9.97 Å². The molecule has 0 aliphatic carbocycles. The van der Waals surface area contributed by atoms with Gasteiger partial charge in [0.25, 0.3) is 0 Å². The fourth-order valence-corrected chi connectivity index (χ4v) is 4.18. The first-order valence-corrected chi connectivity index (χ1v) is 15.4. The average molecular weight is 612 g/mol. The molecule has 1 rings (SSSR count). The Balaban J connectivity index is 0.00000781. The van der Waals surface area contributed by atoms with E-state index >= 15 is 0 Å².